The molecule has 0 aromatic heterocycles. The van der Waals surface area contributed by atoms with Crippen molar-refractivity contribution in [2.24, 2.45) is 0 Å². The average Bonchev–Trinajstić information content (AvgIpc) is 2.31. The van der Waals surface area contributed by atoms with Gasteiger partial charge in [0.1, 0.15) is 5.75 Å². The highest BCUT2D eigenvalue weighted by molar-refractivity contribution is 6.00. The number of benzene rings is 1. The molecule has 0 unspecified atom stereocenters. The summed E-state index contributed by atoms with van der Waals surface area (Å²) in [6.45, 7) is 5.88. The normalized spacial score (nSPS) is 11.1. The van der Waals surface area contributed by atoms with Crippen LogP contribution in [0.15, 0.2) is 18.2 Å². The number of carboxylic acid groups (broad SMARTS) is 1. The molecule has 0 radical (unpaired) electrons. The highest BCUT2D eigenvalue weighted by atomic mass is 16.4. The summed E-state index contributed by atoms with van der Waals surface area (Å²) in [5.41, 5.74) is -0.745. The highest BCUT2D eigenvalue weighted by Gasteiger charge is 2.27. The number of hydrogen-bond donors (Lipinski definition) is 4. The van der Waals surface area contributed by atoms with E-state index >= 15 is 0 Å². The Morgan fingerprint density at radius 2 is 1.95 bits per heavy atom. The van der Waals surface area contributed by atoms with E-state index in [9.17, 15) is 14.7 Å². The largest absolute Gasteiger partial charge is 0.506 e. The van der Waals surface area contributed by atoms with Gasteiger partial charge in [0.25, 0.3) is 0 Å². The maximum absolute atomic E-state index is 12.0. The molecule has 0 saturated heterocycles. The molecule has 0 saturated carbocycles. The predicted octanol–water partition coefficient (Wildman–Crippen LogP) is 1.42. The molecule has 19 heavy (non-hydrogen) atoms. The first-order valence-electron chi connectivity index (χ1n) is 5.90. The predicted molar refractivity (Wildman–Crippen MR) is 71.5 cm³/mol. The molecule has 1 aromatic rings. The molecule has 104 valence electrons. The fourth-order valence-corrected chi connectivity index (χ4v) is 1.57. The molecule has 0 heterocycles. The van der Waals surface area contributed by atoms with Gasteiger partial charge in [-0.25, -0.2) is 4.79 Å². The van der Waals surface area contributed by atoms with Gasteiger partial charge in [-0.15, -0.1) is 0 Å². The summed E-state index contributed by atoms with van der Waals surface area (Å²) in [6.07, 6.45) is 0. The second kappa shape index (κ2) is 5.71. The highest BCUT2D eigenvalue weighted by Crippen LogP contribution is 2.25. The van der Waals surface area contributed by atoms with Crippen molar-refractivity contribution in [3.05, 3.63) is 23.8 Å². The van der Waals surface area contributed by atoms with Gasteiger partial charge in [0.15, 0.2) is 0 Å². The zero-order valence-corrected chi connectivity index (χ0v) is 11.2. The number of likely N-dealkylation sites (N-methyl/N-ethyl adjacent to an activating group) is 1. The van der Waals surface area contributed by atoms with Crippen LogP contribution in [-0.4, -0.2) is 34.2 Å². The second-order valence-corrected chi connectivity index (χ2v) is 4.65. The Hall–Kier alpha value is -2.08. The van der Waals surface area contributed by atoms with Gasteiger partial charge in [-0.05, 0) is 38.6 Å². The summed E-state index contributed by atoms with van der Waals surface area (Å²) in [5, 5.41) is 24.0. The fraction of sp³-hybridized carbons (Fsp3) is 0.385. The smallest absolute Gasteiger partial charge is 0.335 e. The van der Waals surface area contributed by atoms with Crippen LogP contribution in [0.1, 0.15) is 31.1 Å². The van der Waals surface area contributed by atoms with Crippen LogP contribution < -0.4 is 10.6 Å². The number of nitrogens with one attached hydrogen (secondary N) is 2. The Balaban J connectivity index is 2.96. The number of aromatic carboxylic acids is 1. The summed E-state index contributed by atoms with van der Waals surface area (Å²) >= 11 is 0. The van der Waals surface area contributed by atoms with Gasteiger partial charge in [-0.1, -0.05) is 6.92 Å². The van der Waals surface area contributed by atoms with E-state index in [0.717, 1.165) is 0 Å². The van der Waals surface area contributed by atoms with Gasteiger partial charge in [0, 0.05) is 0 Å². The second-order valence-electron chi connectivity index (χ2n) is 4.65. The lowest BCUT2D eigenvalue weighted by Crippen LogP contribution is -2.49. The number of anilines is 1. The first-order chi connectivity index (χ1) is 8.77. The number of phenols is 1. The van der Waals surface area contributed by atoms with E-state index in [2.05, 4.69) is 10.6 Å². The standard InChI is InChI=1S/C13H18N2O4/c1-4-14-13(2,3)12(19)15-9-7-8(11(17)18)5-6-10(9)16/h5-7,14,16H,4H2,1-3H3,(H,15,19)(H,17,18). The Morgan fingerprint density at radius 3 is 2.47 bits per heavy atom. The third kappa shape index (κ3) is 3.69. The minimum absolute atomic E-state index is 0.00523. The molecule has 0 bridgehead atoms. The average molecular weight is 266 g/mol. The van der Waals surface area contributed by atoms with Crippen LogP contribution in [0.3, 0.4) is 0 Å². The van der Waals surface area contributed by atoms with E-state index in [4.69, 9.17) is 5.11 Å². The molecule has 0 fully saturated rings. The zero-order chi connectivity index (χ0) is 14.6. The van der Waals surface area contributed by atoms with Gasteiger partial charge < -0.3 is 20.8 Å². The SMILES string of the molecule is CCNC(C)(C)C(=O)Nc1cc(C(=O)O)ccc1O. The minimum atomic E-state index is -1.12. The van der Waals surface area contributed by atoms with Gasteiger partial charge in [0.05, 0.1) is 16.8 Å². The number of phenolic OH excluding ortho intramolecular Hbond substituents is 1. The van der Waals surface area contributed by atoms with Crippen molar-refractivity contribution in [2.45, 2.75) is 26.3 Å². The molecule has 4 N–H and O–H groups in total. The number of carboxylic acids is 1. The molecule has 0 atom stereocenters. The van der Waals surface area contributed by atoms with Crippen molar-refractivity contribution in [1.29, 1.82) is 0 Å². The first kappa shape index (κ1) is 15.0. The first-order valence-corrected chi connectivity index (χ1v) is 5.90. The molecule has 1 rings (SSSR count). The summed E-state index contributed by atoms with van der Waals surface area (Å²) in [5.74, 6) is -1.65. The molecule has 1 amide bonds. The van der Waals surface area contributed by atoms with E-state index in [1.54, 1.807) is 13.8 Å². The summed E-state index contributed by atoms with van der Waals surface area (Å²) < 4.78 is 0. The van der Waals surface area contributed by atoms with Crippen LogP contribution in [0, 0.1) is 0 Å². The maximum atomic E-state index is 12.0. The van der Waals surface area contributed by atoms with Crippen molar-refractivity contribution >= 4 is 17.6 Å². The third-order valence-electron chi connectivity index (χ3n) is 2.68. The Kier molecular flexibility index (Phi) is 4.50. The summed E-state index contributed by atoms with van der Waals surface area (Å²) in [6, 6.07) is 3.72. The number of hydrogen-bond acceptors (Lipinski definition) is 4. The van der Waals surface area contributed by atoms with E-state index in [-0.39, 0.29) is 22.9 Å². The Labute approximate surface area is 111 Å². The monoisotopic (exact) mass is 266 g/mol. The van der Waals surface area contributed by atoms with Crippen molar-refractivity contribution < 1.29 is 19.8 Å². The lowest BCUT2D eigenvalue weighted by Gasteiger charge is -2.24. The molecular weight excluding hydrogens is 248 g/mol. The van der Waals surface area contributed by atoms with Gasteiger partial charge in [0.2, 0.25) is 5.91 Å². The van der Waals surface area contributed by atoms with Crippen molar-refractivity contribution in [2.75, 3.05) is 11.9 Å². The lowest BCUT2D eigenvalue weighted by atomic mass is 10.0. The number of carbonyl (C=O) groups is 2. The van der Waals surface area contributed by atoms with Gasteiger partial charge >= 0.3 is 5.97 Å². The molecule has 0 spiro atoms. The van der Waals surface area contributed by atoms with Crippen molar-refractivity contribution in [1.82, 2.24) is 5.32 Å². The summed E-state index contributed by atoms with van der Waals surface area (Å²) in [4.78, 5) is 22.9. The van der Waals surface area contributed by atoms with Crippen LogP contribution in [-0.2, 0) is 4.79 Å². The van der Waals surface area contributed by atoms with E-state index in [0.29, 0.717) is 6.54 Å². The maximum Gasteiger partial charge on any atom is 0.335 e. The lowest BCUT2D eigenvalue weighted by molar-refractivity contribution is -0.121. The number of carbonyl (C=O) groups excluding carboxylic acids is 1. The van der Waals surface area contributed by atoms with E-state index in [1.165, 1.54) is 18.2 Å². The molecular formula is C13H18N2O4. The third-order valence-corrected chi connectivity index (χ3v) is 2.68. The number of amides is 1. The van der Waals surface area contributed by atoms with Crippen LogP contribution in [0.25, 0.3) is 0 Å². The number of rotatable bonds is 5. The Morgan fingerprint density at radius 1 is 1.32 bits per heavy atom. The molecule has 0 aliphatic heterocycles. The quantitative estimate of drug-likeness (QED) is 0.604. The van der Waals surface area contributed by atoms with Crippen molar-refractivity contribution in [3.8, 4) is 5.75 Å². The van der Waals surface area contributed by atoms with Crippen molar-refractivity contribution in [3.63, 3.8) is 0 Å². The Bertz CT molecular complexity index is 497. The topological polar surface area (TPSA) is 98.7 Å². The molecule has 0 aliphatic carbocycles. The number of aromatic hydroxyl groups is 1. The van der Waals surface area contributed by atoms with Gasteiger partial charge in [-0.2, -0.15) is 0 Å². The molecule has 6 heteroatoms. The molecule has 0 aliphatic rings. The van der Waals surface area contributed by atoms with Crippen LogP contribution in [0.4, 0.5) is 5.69 Å². The molecule has 1 aromatic carbocycles. The van der Waals surface area contributed by atoms with E-state index in [1.807, 2.05) is 6.92 Å². The minimum Gasteiger partial charge on any atom is -0.506 e. The molecule has 6 nitrogen and oxygen atoms in total. The fourth-order valence-electron chi connectivity index (χ4n) is 1.57. The zero-order valence-electron chi connectivity index (χ0n) is 11.2. The van der Waals surface area contributed by atoms with Gasteiger partial charge in [-0.3, -0.25) is 4.79 Å². The van der Waals surface area contributed by atoms with Crippen LogP contribution in [0.5, 0.6) is 5.75 Å². The van der Waals surface area contributed by atoms with Crippen LogP contribution in [0.2, 0.25) is 0 Å². The summed E-state index contributed by atoms with van der Waals surface area (Å²) in [7, 11) is 0. The van der Waals surface area contributed by atoms with E-state index < -0.39 is 11.5 Å². The van der Waals surface area contributed by atoms with Crippen LogP contribution >= 0.6 is 0 Å².